The topological polar surface area (TPSA) is 91.6 Å². The first-order valence-electron chi connectivity index (χ1n) is 7.25. The van der Waals surface area contributed by atoms with Crippen LogP contribution in [0.3, 0.4) is 0 Å². The molecule has 7 nitrogen and oxygen atoms in total. The first-order chi connectivity index (χ1) is 10.1. The summed E-state index contributed by atoms with van der Waals surface area (Å²) in [6, 6.07) is 0.230. The summed E-state index contributed by atoms with van der Waals surface area (Å²) in [5, 5.41) is 13.4. The van der Waals surface area contributed by atoms with Crippen LogP contribution in [0, 0.1) is 13.8 Å². The van der Waals surface area contributed by atoms with Crippen LogP contribution in [0.4, 0.5) is 0 Å². The quantitative estimate of drug-likeness (QED) is 0.548. The lowest BCUT2D eigenvalue weighted by Gasteiger charge is -2.25. The van der Waals surface area contributed by atoms with E-state index in [-0.39, 0.29) is 11.9 Å². The van der Waals surface area contributed by atoms with E-state index in [2.05, 4.69) is 26.1 Å². The molecule has 1 aromatic heterocycles. The van der Waals surface area contributed by atoms with E-state index >= 15 is 0 Å². The van der Waals surface area contributed by atoms with Gasteiger partial charge in [-0.1, -0.05) is 5.16 Å². The van der Waals surface area contributed by atoms with Crippen LogP contribution in [0.2, 0.25) is 0 Å². The van der Waals surface area contributed by atoms with E-state index in [0.717, 1.165) is 42.4 Å². The molecule has 1 aromatic rings. The molecule has 0 spiro atoms. The number of carbonyl (C=O) groups excluding carboxylic acids is 1. The van der Waals surface area contributed by atoms with E-state index in [1.807, 2.05) is 13.8 Å². The summed E-state index contributed by atoms with van der Waals surface area (Å²) >= 11 is 0. The third-order valence-corrected chi connectivity index (χ3v) is 3.68. The summed E-state index contributed by atoms with van der Waals surface area (Å²) in [6.07, 6.45) is 2.23. The molecule has 0 bridgehead atoms. The zero-order valence-electron chi connectivity index (χ0n) is 12.8. The van der Waals surface area contributed by atoms with Crippen molar-refractivity contribution in [3.05, 3.63) is 17.0 Å². The Balaban J connectivity index is 1.77. The summed E-state index contributed by atoms with van der Waals surface area (Å²) in [5.74, 6) is 1.74. The molecule has 1 aliphatic heterocycles. The highest BCUT2D eigenvalue weighted by Gasteiger charge is 2.18. The first-order valence-corrected chi connectivity index (χ1v) is 7.25. The molecule has 0 saturated carbocycles. The number of aliphatic imine (C=N–C) groups is 1. The molecule has 0 aromatic carbocycles. The van der Waals surface area contributed by atoms with Crippen LogP contribution in [0.1, 0.15) is 29.9 Å². The molecule has 0 radical (unpaired) electrons. The Morgan fingerprint density at radius 3 is 2.90 bits per heavy atom. The molecule has 1 amide bonds. The van der Waals surface area contributed by atoms with Gasteiger partial charge in [0.05, 0.1) is 5.69 Å². The lowest BCUT2D eigenvalue weighted by Crippen LogP contribution is -2.51. The highest BCUT2D eigenvalue weighted by atomic mass is 16.5. The van der Waals surface area contributed by atoms with Gasteiger partial charge in [-0.25, -0.2) is 0 Å². The van der Waals surface area contributed by atoms with Crippen LogP contribution in [-0.2, 0) is 11.2 Å². The van der Waals surface area contributed by atoms with E-state index in [1.165, 1.54) is 0 Å². The molecular weight excluding hydrogens is 270 g/mol. The molecule has 7 heteroatoms. The SMILES string of the molecule is CN=C(NCCc1c(C)noc1C)NC1CCC(=O)NC1. The van der Waals surface area contributed by atoms with E-state index < -0.39 is 0 Å². The van der Waals surface area contributed by atoms with E-state index in [0.29, 0.717) is 13.0 Å². The first kappa shape index (κ1) is 15.3. The van der Waals surface area contributed by atoms with Crippen molar-refractivity contribution in [2.24, 2.45) is 4.99 Å². The molecule has 3 N–H and O–H groups in total. The Morgan fingerprint density at radius 1 is 1.52 bits per heavy atom. The van der Waals surface area contributed by atoms with E-state index in [4.69, 9.17) is 4.52 Å². The van der Waals surface area contributed by atoms with Crippen molar-refractivity contribution in [3.8, 4) is 0 Å². The zero-order valence-corrected chi connectivity index (χ0v) is 12.8. The molecule has 21 heavy (non-hydrogen) atoms. The molecule has 1 unspecified atom stereocenters. The number of aromatic nitrogens is 1. The number of aryl methyl sites for hydroxylation is 2. The van der Waals surface area contributed by atoms with Gasteiger partial charge >= 0.3 is 0 Å². The van der Waals surface area contributed by atoms with Gasteiger partial charge in [0.25, 0.3) is 0 Å². The van der Waals surface area contributed by atoms with Gasteiger partial charge in [-0.3, -0.25) is 9.79 Å². The van der Waals surface area contributed by atoms with Crippen molar-refractivity contribution in [1.82, 2.24) is 21.1 Å². The smallest absolute Gasteiger partial charge is 0.220 e. The van der Waals surface area contributed by atoms with Crippen LogP contribution in [0.15, 0.2) is 9.52 Å². The Kier molecular flexibility index (Phi) is 5.19. The van der Waals surface area contributed by atoms with Crippen molar-refractivity contribution in [2.45, 2.75) is 39.2 Å². The lowest BCUT2D eigenvalue weighted by atomic mass is 10.1. The molecule has 1 saturated heterocycles. The van der Waals surface area contributed by atoms with Crippen LogP contribution in [0.25, 0.3) is 0 Å². The number of carbonyl (C=O) groups is 1. The highest BCUT2D eigenvalue weighted by molar-refractivity contribution is 5.81. The molecule has 0 aliphatic carbocycles. The minimum Gasteiger partial charge on any atom is -0.361 e. The van der Waals surface area contributed by atoms with Gasteiger partial charge in [-0.05, 0) is 26.7 Å². The van der Waals surface area contributed by atoms with Gasteiger partial charge in [0.15, 0.2) is 5.96 Å². The van der Waals surface area contributed by atoms with Gasteiger partial charge < -0.3 is 20.5 Å². The molecule has 2 heterocycles. The average molecular weight is 293 g/mol. The van der Waals surface area contributed by atoms with Crippen molar-refractivity contribution in [1.29, 1.82) is 0 Å². The number of hydrogen-bond donors (Lipinski definition) is 3. The number of guanidine groups is 1. The summed E-state index contributed by atoms with van der Waals surface area (Å²) in [5.41, 5.74) is 2.08. The molecule has 1 fully saturated rings. The summed E-state index contributed by atoms with van der Waals surface area (Å²) in [4.78, 5) is 15.3. The Hall–Kier alpha value is -2.05. The maximum Gasteiger partial charge on any atom is 0.220 e. The van der Waals surface area contributed by atoms with Gasteiger partial charge in [0, 0.05) is 38.2 Å². The maximum absolute atomic E-state index is 11.1. The highest BCUT2D eigenvalue weighted by Crippen LogP contribution is 2.12. The lowest BCUT2D eigenvalue weighted by molar-refractivity contribution is -0.122. The second-order valence-electron chi connectivity index (χ2n) is 5.24. The van der Waals surface area contributed by atoms with Crippen LogP contribution in [0.5, 0.6) is 0 Å². The fraction of sp³-hybridized carbons (Fsp3) is 0.643. The van der Waals surface area contributed by atoms with Crippen LogP contribution >= 0.6 is 0 Å². The molecule has 1 aliphatic rings. The largest absolute Gasteiger partial charge is 0.361 e. The number of nitrogens with one attached hydrogen (secondary N) is 3. The van der Waals surface area contributed by atoms with Crippen molar-refractivity contribution in [3.63, 3.8) is 0 Å². The van der Waals surface area contributed by atoms with Crippen molar-refractivity contribution >= 4 is 11.9 Å². The molecule has 1 atom stereocenters. The van der Waals surface area contributed by atoms with Gasteiger partial charge in [-0.15, -0.1) is 0 Å². The monoisotopic (exact) mass is 293 g/mol. The standard InChI is InChI=1S/C14H23N5O2/c1-9-12(10(2)21-19-9)6-7-16-14(15-3)18-11-4-5-13(20)17-8-11/h11H,4-8H2,1-3H3,(H,17,20)(H2,15,16,18). The Morgan fingerprint density at radius 2 is 2.33 bits per heavy atom. The minimum atomic E-state index is 0.120. The summed E-state index contributed by atoms with van der Waals surface area (Å²) in [6.45, 7) is 5.27. The summed E-state index contributed by atoms with van der Waals surface area (Å²) < 4.78 is 5.15. The molecule has 2 rings (SSSR count). The minimum absolute atomic E-state index is 0.120. The third-order valence-electron chi connectivity index (χ3n) is 3.68. The van der Waals surface area contributed by atoms with E-state index in [9.17, 15) is 4.79 Å². The van der Waals surface area contributed by atoms with Crippen molar-refractivity contribution < 1.29 is 9.32 Å². The van der Waals surface area contributed by atoms with Gasteiger partial charge in [-0.2, -0.15) is 0 Å². The van der Waals surface area contributed by atoms with Gasteiger partial charge in [0.2, 0.25) is 5.91 Å². The van der Waals surface area contributed by atoms with E-state index in [1.54, 1.807) is 7.05 Å². The van der Waals surface area contributed by atoms with Gasteiger partial charge in [0.1, 0.15) is 5.76 Å². The zero-order chi connectivity index (χ0) is 15.2. The van der Waals surface area contributed by atoms with Crippen LogP contribution < -0.4 is 16.0 Å². The fourth-order valence-corrected chi connectivity index (χ4v) is 2.41. The third kappa shape index (κ3) is 4.21. The normalized spacial score (nSPS) is 19.3. The number of piperidine rings is 1. The Bertz CT molecular complexity index is 494. The number of rotatable bonds is 4. The predicted molar refractivity (Wildman–Crippen MR) is 80.2 cm³/mol. The average Bonchev–Trinajstić information content (AvgIpc) is 2.80. The molecule has 116 valence electrons. The number of hydrogen-bond acceptors (Lipinski definition) is 4. The second kappa shape index (κ2) is 7.10. The summed E-state index contributed by atoms with van der Waals surface area (Å²) in [7, 11) is 1.74. The fourth-order valence-electron chi connectivity index (χ4n) is 2.41. The van der Waals surface area contributed by atoms with Crippen LogP contribution in [-0.4, -0.2) is 43.2 Å². The number of nitrogens with zero attached hydrogens (tertiary/aromatic N) is 2. The number of amides is 1. The Labute approximate surface area is 124 Å². The maximum atomic E-state index is 11.1. The molecular formula is C14H23N5O2. The van der Waals surface area contributed by atoms with Crippen molar-refractivity contribution in [2.75, 3.05) is 20.1 Å². The second-order valence-corrected chi connectivity index (χ2v) is 5.24. The predicted octanol–water partition coefficient (Wildman–Crippen LogP) is 0.278.